The normalized spacial score (nSPS) is 10.1. The average Bonchev–Trinajstić information content (AvgIpc) is 2.62. The van der Waals surface area contributed by atoms with E-state index in [2.05, 4.69) is 10.3 Å². The molecule has 0 fully saturated rings. The molecule has 1 aromatic heterocycles. The third-order valence-electron chi connectivity index (χ3n) is 3.04. The maximum Gasteiger partial charge on any atom is 0.344 e. The zero-order chi connectivity index (χ0) is 19.1. The van der Waals surface area contributed by atoms with E-state index in [1.54, 1.807) is 6.92 Å². The average molecular weight is 380 g/mol. The number of hydrogen-bond donors (Lipinski definition) is 1. The molecule has 1 heterocycles. The second-order valence-corrected chi connectivity index (χ2v) is 5.24. The Balaban J connectivity index is 1.97. The van der Waals surface area contributed by atoms with Crippen LogP contribution < -0.4 is 10.1 Å². The number of esters is 1. The molecule has 1 amide bonds. The largest absolute Gasteiger partial charge is 0.477 e. The van der Waals surface area contributed by atoms with E-state index in [-0.39, 0.29) is 27.8 Å². The van der Waals surface area contributed by atoms with Gasteiger partial charge in [-0.1, -0.05) is 11.6 Å². The van der Waals surface area contributed by atoms with Gasteiger partial charge < -0.3 is 14.8 Å². The maximum atomic E-state index is 12.1. The van der Waals surface area contributed by atoms with Crippen molar-refractivity contribution in [2.75, 3.05) is 18.5 Å². The molecular weight excluding hydrogens is 366 g/mol. The van der Waals surface area contributed by atoms with Crippen LogP contribution in [0.5, 0.6) is 5.88 Å². The third kappa shape index (κ3) is 4.90. The molecular formula is C16H14ClN3O6. The SMILES string of the molecule is CCOc1ncccc1C(=O)OCC(=O)Nc1ccc([N+](=O)[O-])cc1Cl. The van der Waals surface area contributed by atoms with E-state index in [1.165, 1.54) is 30.5 Å². The number of aromatic nitrogens is 1. The van der Waals surface area contributed by atoms with E-state index in [0.717, 1.165) is 6.07 Å². The Morgan fingerprint density at radius 2 is 2.12 bits per heavy atom. The van der Waals surface area contributed by atoms with Gasteiger partial charge in [-0.25, -0.2) is 9.78 Å². The molecule has 1 N–H and O–H groups in total. The Morgan fingerprint density at radius 1 is 1.35 bits per heavy atom. The number of nitro groups is 1. The van der Waals surface area contributed by atoms with Crippen molar-refractivity contribution >= 4 is 34.9 Å². The van der Waals surface area contributed by atoms with Gasteiger partial charge in [-0.15, -0.1) is 0 Å². The Morgan fingerprint density at radius 3 is 2.77 bits per heavy atom. The van der Waals surface area contributed by atoms with Crippen molar-refractivity contribution in [1.29, 1.82) is 0 Å². The molecule has 0 saturated heterocycles. The highest BCUT2D eigenvalue weighted by Crippen LogP contribution is 2.26. The summed E-state index contributed by atoms with van der Waals surface area (Å²) in [6.07, 6.45) is 1.46. The van der Waals surface area contributed by atoms with Gasteiger partial charge in [0.25, 0.3) is 11.6 Å². The van der Waals surface area contributed by atoms with Crippen LogP contribution in [0.25, 0.3) is 0 Å². The Bertz CT molecular complexity index is 842. The lowest BCUT2D eigenvalue weighted by Gasteiger charge is -2.10. The molecule has 0 bridgehead atoms. The number of ether oxygens (including phenoxy) is 2. The van der Waals surface area contributed by atoms with Crippen LogP contribution >= 0.6 is 11.6 Å². The predicted octanol–water partition coefficient (Wildman–Crippen LogP) is 2.84. The molecule has 0 unspecified atom stereocenters. The van der Waals surface area contributed by atoms with Crippen LogP contribution in [0.4, 0.5) is 11.4 Å². The summed E-state index contributed by atoms with van der Waals surface area (Å²) in [6, 6.07) is 6.58. The molecule has 2 rings (SSSR count). The Kier molecular flexibility index (Phi) is 6.45. The molecule has 0 radical (unpaired) electrons. The molecule has 10 heteroatoms. The second kappa shape index (κ2) is 8.77. The number of halogens is 1. The summed E-state index contributed by atoms with van der Waals surface area (Å²) in [7, 11) is 0. The standard InChI is InChI=1S/C16H14ClN3O6/c1-2-25-15-11(4-3-7-18-15)16(22)26-9-14(21)19-13-6-5-10(20(23)24)8-12(13)17/h3-8H,2,9H2,1H3,(H,19,21). The number of nitrogens with zero attached hydrogens (tertiary/aromatic N) is 2. The molecule has 9 nitrogen and oxygen atoms in total. The number of rotatable bonds is 7. The summed E-state index contributed by atoms with van der Waals surface area (Å²) in [5.74, 6) is -1.32. The molecule has 1 aromatic carbocycles. The fourth-order valence-corrected chi connectivity index (χ4v) is 2.13. The van der Waals surface area contributed by atoms with Crippen LogP contribution in [-0.2, 0) is 9.53 Å². The molecule has 0 spiro atoms. The number of anilines is 1. The molecule has 26 heavy (non-hydrogen) atoms. The zero-order valence-electron chi connectivity index (χ0n) is 13.6. The predicted molar refractivity (Wildman–Crippen MR) is 92.4 cm³/mol. The summed E-state index contributed by atoms with van der Waals surface area (Å²) in [6.45, 7) is 1.48. The third-order valence-corrected chi connectivity index (χ3v) is 3.36. The van der Waals surface area contributed by atoms with Gasteiger partial charge in [0.05, 0.1) is 22.2 Å². The summed E-state index contributed by atoms with van der Waals surface area (Å²) in [4.78, 5) is 37.9. The minimum Gasteiger partial charge on any atom is -0.477 e. The number of nitrogens with one attached hydrogen (secondary N) is 1. The van der Waals surface area contributed by atoms with Gasteiger partial charge in [0.15, 0.2) is 6.61 Å². The number of carbonyl (C=O) groups excluding carboxylic acids is 2. The highest BCUT2D eigenvalue weighted by atomic mass is 35.5. The summed E-state index contributed by atoms with van der Waals surface area (Å²) in [5, 5.41) is 13.1. The van der Waals surface area contributed by atoms with Crippen molar-refractivity contribution in [1.82, 2.24) is 4.98 Å². The van der Waals surface area contributed by atoms with Crippen LogP contribution in [0.2, 0.25) is 5.02 Å². The van der Waals surface area contributed by atoms with Crippen LogP contribution in [0, 0.1) is 10.1 Å². The van der Waals surface area contributed by atoms with E-state index >= 15 is 0 Å². The lowest BCUT2D eigenvalue weighted by molar-refractivity contribution is -0.384. The monoisotopic (exact) mass is 379 g/mol. The van der Waals surface area contributed by atoms with Gasteiger partial charge in [-0.3, -0.25) is 14.9 Å². The van der Waals surface area contributed by atoms with Crippen molar-refractivity contribution in [2.45, 2.75) is 6.92 Å². The number of amides is 1. The van der Waals surface area contributed by atoms with Crippen LogP contribution in [0.1, 0.15) is 17.3 Å². The maximum absolute atomic E-state index is 12.1. The van der Waals surface area contributed by atoms with Crippen molar-refractivity contribution in [3.8, 4) is 5.88 Å². The molecule has 0 atom stereocenters. The summed E-state index contributed by atoms with van der Waals surface area (Å²) in [5.41, 5.74) is 0.0460. The number of hydrogen-bond acceptors (Lipinski definition) is 7. The van der Waals surface area contributed by atoms with Crippen LogP contribution in [0.15, 0.2) is 36.5 Å². The van der Waals surface area contributed by atoms with Crippen molar-refractivity contribution in [3.05, 3.63) is 57.2 Å². The lowest BCUT2D eigenvalue weighted by Crippen LogP contribution is -2.21. The minimum atomic E-state index is -0.772. The van der Waals surface area contributed by atoms with E-state index < -0.39 is 23.4 Å². The van der Waals surface area contributed by atoms with Gasteiger partial charge in [0.2, 0.25) is 5.88 Å². The second-order valence-electron chi connectivity index (χ2n) is 4.83. The van der Waals surface area contributed by atoms with Gasteiger partial charge in [0.1, 0.15) is 5.56 Å². The molecule has 0 saturated carbocycles. The number of pyridine rings is 1. The first-order valence-electron chi connectivity index (χ1n) is 7.41. The topological polar surface area (TPSA) is 121 Å². The molecule has 2 aromatic rings. The first kappa shape index (κ1) is 19.1. The van der Waals surface area contributed by atoms with Crippen molar-refractivity contribution in [2.24, 2.45) is 0 Å². The fourth-order valence-electron chi connectivity index (χ4n) is 1.91. The number of nitro benzene ring substituents is 1. The van der Waals surface area contributed by atoms with Gasteiger partial charge >= 0.3 is 5.97 Å². The Hall–Kier alpha value is -3.20. The molecule has 0 aliphatic rings. The zero-order valence-corrected chi connectivity index (χ0v) is 14.4. The van der Waals surface area contributed by atoms with Crippen molar-refractivity contribution < 1.29 is 24.0 Å². The van der Waals surface area contributed by atoms with Gasteiger partial charge in [-0.2, -0.15) is 0 Å². The molecule has 0 aliphatic heterocycles. The van der Waals surface area contributed by atoms with Gasteiger partial charge in [0, 0.05) is 18.3 Å². The van der Waals surface area contributed by atoms with Gasteiger partial charge in [-0.05, 0) is 25.1 Å². The molecule has 136 valence electrons. The number of benzene rings is 1. The van der Waals surface area contributed by atoms with E-state index in [1.807, 2.05) is 0 Å². The highest BCUT2D eigenvalue weighted by Gasteiger charge is 2.17. The molecule has 0 aliphatic carbocycles. The summed E-state index contributed by atoms with van der Waals surface area (Å²) < 4.78 is 10.2. The number of non-ortho nitro benzene ring substituents is 1. The van der Waals surface area contributed by atoms with E-state index in [4.69, 9.17) is 21.1 Å². The van der Waals surface area contributed by atoms with Crippen LogP contribution in [0.3, 0.4) is 0 Å². The van der Waals surface area contributed by atoms with Crippen molar-refractivity contribution in [3.63, 3.8) is 0 Å². The fraction of sp³-hybridized carbons (Fsp3) is 0.188. The summed E-state index contributed by atoms with van der Waals surface area (Å²) >= 11 is 5.88. The highest BCUT2D eigenvalue weighted by molar-refractivity contribution is 6.34. The van der Waals surface area contributed by atoms with E-state index in [9.17, 15) is 19.7 Å². The lowest BCUT2D eigenvalue weighted by atomic mass is 10.2. The minimum absolute atomic E-state index is 0.00947. The smallest absolute Gasteiger partial charge is 0.344 e. The first-order valence-corrected chi connectivity index (χ1v) is 7.79. The van der Waals surface area contributed by atoms with Crippen LogP contribution in [-0.4, -0.2) is 35.0 Å². The quantitative estimate of drug-likeness (QED) is 0.446. The Labute approximate surface area is 153 Å². The van der Waals surface area contributed by atoms with E-state index in [0.29, 0.717) is 6.61 Å². The number of carbonyl (C=O) groups is 2. The first-order chi connectivity index (χ1) is 12.4.